The van der Waals surface area contributed by atoms with Gasteiger partial charge in [0.2, 0.25) is 0 Å². The number of benzene rings is 1. The Labute approximate surface area is 162 Å². The lowest BCUT2D eigenvalue weighted by Crippen LogP contribution is -2.39. The fourth-order valence-corrected chi connectivity index (χ4v) is 3.96. The summed E-state index contributed by atoms with van der Waals surface area (Å²) in [4.78, 5) is 28.7. The van der Waals surface area contributed by atoms with Gasteiger partial charge in [0, 0.05) is 26.3 Å². The van der Waals surface area contributed by atoms with Crippen molar-refractivity contribution in [2.45, 2.75) is 25.7 Å². The van der Waals surface area contributed by atoms with Gasteiger partial charge in [-0.05, 0) is 38.0 Å². The number of oxazole rings is 1. The number of imidazole rings is 1. The summed E-state index contributed by atoms with van der Waals surface area (Å²) < 4.78 is 7.86. The first-order valence-corrected chi connectivity index (χ1v) is 9.54. The van der Waals surface area contributed by atoms with Crippen molar-refractivity contribution >= 4 is 28.2 Å². The van der Waals surface area contributed by atoms with Crippen molar-refractivity contribution in [3.8, 4) is 0 Å². The number of pyridine rings is 1. The molecule has 3 aromatic heterocycles. The molecule has 28 heavy (non-hydrogen) atoms. The largest absolute Gasteiger partial charge is 0.440 e. The second-order valence-corrected chi connectivity index (χ2v) is 7.36. The van der Waals surface area contributed by atoms with Crippen molar-refractivity contribution in [1.82, 2.24) is 24.4 Å². The van der Waals surface area contributed by atoms with Crippen LogP contribution in [0.25, 0.3) is 22.3 Å². The van der Waals surface area contributed by atoms with Crippen LogP contribution in [0.2, 0.25) is 0 Å². The third-order valence-electron chi connectivity index (χ3n) is 5.58. The van der Waals surface area contributed by atoms with Gasteiger partial charge in [-0.2, -0.15) is 0 Å². The fourth-order valence-electron chi connectivity index (χ4n) is 3.96. The van der Waals surface area contributed by atoms with Gasteiger partial charge in [-0.15, -0.1) is 0 Å². The number of nitrogens with zero attached hydrogens (tertiary/aromatic N) is 5. The highest BCUT2D eigenvalue weighted by Crippen LogP contribution is 2.30. The lowest BCUT2D eigenvalue weighted by molar-refractivity contribution is 0.0700. The molecule has 1 aromatic carbocycles. The van der Waals surface area contributed by atoms with E-state index in [1.807, 2.05) is 47.7 Å². The monoisotopic (exact) mass is 375 g/mol. The van der Waals surface area contributed by atoms with Gasteiger partial charge in [0.25, 0.3) is 5.91 Å². The Morgan fingerprint density at radius 2 is 2.07 bits per heavy atom. The predicted octanol–water partition coefficient (Wildman–Crippen LogP) is 3.44. The third kappa shape index (κ3) is 2.66. The molecule has 1 unspecified atom stereocenters. The van der Waals surface area contributed by atoms with Crippen molar-refractivity contribution in [3.63, 3.8) is 0 Å². The average molecular weight is 375 g/mol. The van der Waals surface area contributed by atoms with Gasteiger partial charge in [0.1, 0.15) is 16.9 Å². The van der Waals surface area contributed by atoms with Crippen molar-refractivity contribution in [3.05, 3.63) is 53.8 Å². The molecule has 1 aliphatic heterocycles. The van der Waals surface area contributed by atoms with E-state index in [9.17, 15) is 4.79 Å². The molecule has 142 valence electrons. The summed E-state index contributed by atoms with van der Waals surface area (Å²) in [7, 11) is 1.91. The van der Waals surface area contributed by atoms with Gasteiger partial charge in [-0.3, -0.25) is 4.79 Å². The minimum absolute atomic E-state index is 0.00805. The zero-order valence-corrected chi connectivity index (χ0v) is 15.9. The van der Waals surface area contributed by atoms with E-state index >= 15 is 0 Å². The molecular weight excluding hydrogens is 354 g/mol. The van der Waals surface area contributed by atoms with Gasteiger partial charge in [-0.25, -0.2) is 15.0 Å². The molecule has 0 bridgehead atoms. The minimum atomic E-state index is -0.00805. The number of fused-ring (bicyclic) bond motifs is 2. The number of hydrogen-bond donors (Lipinski definition) is 0. The van der Waals surface area contributed by atoms with E-state index in [1.54, 1.807) is 12.3 Å². The molecular formula is C21H21N5O2. The number of para-hydroxylation sites is 2. The van der Waals surface area contributed by atoms with Crippen LogP contribution in [0.1, 0.15) is 40.8 Å². The molecule has 1 amide bonds. The van der Waals surface area contributed by atoms with Crippen LogP contribution >= 0.6 is 0 Å². The smallest absolute Gasteiger partial charge is 0.256 e. The maximum absolute atomic E-state index is 13.3. The highest BCUT2D eigenvalue weighted by molar-refractivity contribution is 6.04. The van der Waals surface area contributed by atoms with E-state index in [2.05, 4.69) is 15.0 Å². The van der Waals surface area contributed by atoms with Crippen LogP contribution < -0.4 is 0 Å². The normalized spacial score (nSPS) is 17.5. The maximum atomic E-state index is 13.3. The Hall–Kier alpha value is -3.22. The summed E-state index contributed by atoms with van der Waals surface area (Å²) in [6.07, 6.45) is 3.56. The molecule has 1 aliphatic rings. The molecule has 7 nitrogen and oxygen atoms in total. The first-order chi connectivity index (χ1) is 13.6. The standard InChI is InChI=1S/C21H21N5O2/c1-13-23-18-15(9-10-22-19(18)25(13)2)21(27)26-11-5-6-14(12-26)20-24-16-7-3-4-8-17(16)28-20/h3-4,7-10,14H,5-6,11-12H2,1-2H3. The number of aryl methyl sites for hydroxylation is 2. The topological polar surface area (TPSA) is 77.1 Å². The van der Waals surface area contributed by atoms with Crippen LogP contribution in [0.15, 0.2) is 40.9 Å². The first kappa shape index (κ1) is 16.9. The number of hydrogen-bond acceptors (Lipinski definition) is 5. The molecule has 5 rings (SSSR count). The van der Waals surface area contributed by atoms with Crippen LogP contribution in [-0.2, 0) is 7.05 Å². The second-order valence-electron chi connectivity index (χ2n) is 7.36. The molecule has 4 heterocycles. The third-order valence-corrected chi connectivity index (χ3v) is 5.58. The van der Waals surface area contributed by atoms with Gasteiger partial charge in [-0.1, -0.05) is 12.1 Å². The molecule has 7 heteroatoms. The van der Waals surface area contributed by atoms with Crippen LogP contribution in [0.4, 0.5) is 0 Å². The Bertz CT molecular complexity index is 1160. The summed E-state index contributed by atoms with van der Waals surface area (Å²) >= 11 is 0. The Kier molecular flexibility index (Phi) is 3.89. The highest BCUT2D eigenvalue weighted by Gasteiger charge is 2.30. The zero-order valence-electron chi connectivity index (χ0n) is 15.9. The summed E-state index contributed by atoms with van der Waals surface area (Å²) in [5.74, 6) is 1.65. The van der Waals surface area contributed by atoms with Gasteiger partial charge in [0.05, 0.1) is 11.5 Å². The van der Waals surface area contributed by atoms with Gasteiger partial charge < -0.3 is 13.9 Å². The Balaban J connectivity index is 1.45. The lowest BCUT2D eigenvalue weighted by Gasteiger charge is -2.31. The van der Waals surface area contributed by atoms with Crippen LogP contribution in [0, 0.1) is 6.92 Å². The van der Waals surface area contributed by atoms with E-state index in [0.29, 0.717) is 23.5 Å². The molecule has 0 aliphatic carbocycles. The van der Waals surface area contributed by atoms with Gasteiger partial charge in [0.15, 0.2) is 17.1 Å². The van der Waals surface area contributed by atoms with Crippen LogP contribution in [0.3, 0.4) is 0 Å². The zero-order chi connectivity index (χ0) is 19.3. The SMILES string of the molecule is Cc1nc2c(C(=O)N3CCCC(c4nc5ccccc5o4)C3)ccnc2n1C. The number of carbonyl (C=O) groups is 1. The number of aromatic nitrogens is 4. The predicted molar refractivity (Wildman–Crippen MR) is 105 cm³/mol. The first-order valence-electron chi connectivity index (χ1n) is 9.54. The number of amides is 1. The average Bonchev–Trinajstić information content (AvgIpc) is 3.29. The number of piperidine rings is 1. The molecule has 1 atom stereocenters. The summed E-state index contributed by atoms with van der Waals surface area (Å²) in [5, 5.41) is 0. The maximum Gasteiger partial charge on any atom is 0.256 e. The van der Waals surface area contributed by atoms with Crippen molar-refractivity contribution in [2.24, 2.45) is 7.05 Å². The summed E-state index contributed by atoms with van der Waals surface area (Å²) in [6.45, 7) is 3.24. The minimum Gasteiger partial charge on any atom is -0.440 e. The number of rotatable bonds is 2. The molecule has 1 fully saturated rings. The van der Waals surface area contributed by atoms with Crippen LogP contribution in [0.5, 0.6) is 0 Å². The van der Waals surface area contributed by atoms with Crippen molar-refractivity contribution in [2.75, 3.05) is 13.1 Å². The Morgan fingerprint density at radius 1 is 1.21 bits per heavy atom. The summed E-state index contributed by atoms with van der Waals surface area (Å²) in [5.41, 5.74) is 3.65. The molecule has 0 N–H and O–H groups in total. The van der Waals surface area contributed by atoms with E-state index in [1.165, 1.54) is 0 Å². The van der Waals surface area contributed by atoms with Crippen LogP contribution in [-0.4, -0.2) is 43.4 Å². The second kappa shape index (κ2) is 6.44. The molecule has 0 spiro atoms. The number of carbonyl (C=O) groups excluding carboxylic acids is 1. The van der Waals surface area contributed by atoms with E-state index in [-0.39, 0.29) is 11.8 Å². The van der Waals surface area contributed by atoms with E-state index in [0.717, 1.165) is 42.0 Å². The molecule has 0 radical (unpaired) electrons. The van der Waals surface area contributed by atoms with E-state index in [4.69, 9.17) is 4.42 Å². The molecule has 0 saturated carbocycles. The van der Waals surface area contributed by atoms with E-state index < -0.39 is 0 Å². The Morgan fingerprint density at radius 3 is 2.93 bits per heavy atom. The molecule has 4 aromatic rings. The molecule has 1 saturated heterocycles. The van der Waals surface area contributed by atoms with Gasteiger partial charge >= 0.3 is 0 Å². The van der Waals surface area contributed by atoms with Crippen molar-refractivity contribution < 1.29 is 9.21 Å². The lowest BCUT2D eigenvalue weighted by atomic mass is 9.97. The highest BCUT2D eigenvalue weighted by atomic mass is 16.3. The fraction of sp³-hybridized carbons (Fsp3) is 0.333. The number of likely N-dealkylation sites (tertiary alicyclic amines) is 1. The summed E-state index contributed by atoms with van der Waals surface area (Å²) in [6, 6.07) is 9.53. The quantitative estimate of drug-likeness (QED) is 0.536. The van der Waals surface area contributed by atoms with Crippen molar-refractivity contribution in [1.29, 1.82) is 0 Å².